The SMILES string of the molecule is C[C@@H]1CN(CCOC2CCC(N3C(=O)N(Sc4ccc(C#N)c(C(F)(F)F)c4)C(=O)C3(C)C)CC2)C[C@H](C)N1CC(=O)Nc1cc([C@]2(C)CCC(=O)NC2=O)ccn1.Cl. The van der Waals surface area contributed by atoms with Crippen molar-refractivity contribution in [3.05, 3.63) is 53.2 Å². The van der Waals surface area contributed by atoms with Crippen LogP contribution in [0.3, 0.4) is 0 Å². The number of carbonyl (C=O) groups is 5. The van der Waals surface area contributed by atoms with E-state index in [4.69, 9.17) is 10.00 Å². The molecule has 1 aliphatic carbocycles. The number of anilines is 1. The van der Waals surface area contributed by atoms with E-state index in [1.165, 1.54) is 12.1 Å². The van der Waals surface area contributed by atoms with Crippen LogP contribution in [0.2, 0.25) is 0 Å². The number of piperidine rings is 1. The minimum absolute atomic E-state index is 0. The molecule has 0 radical (unpaired) electrons. The van der Waals surface area contributed by atoms with Crippen molar-refractivity contribution in [3.8, 4) is 6.07 Å². The number of nitrogens with one attached hydrogen (secondary N) is 2. The number of alkyl halides is 3. The van der Waals surface area contributed by atoms with Crippen LogP contribution in [0, 0.1) is 11.3 Å². The maximum absolute atomic E-state index is 13.6. The molecule has 6 amide bonds. The van der Waals surface area contributed by atoms with Crippen LogP contribution in [0.4, 0.5) is 23.8 Å². The van der Waals surface area contributed by atoms with Gasteiger partial charge in [0.15, 0.2) is 0 Å². The molecule has 4 fully saturated rings. The molecule has 6 rings (SSSR count). The molecule has 4 heterocycles. The van der Waals surface area contributed by atoms with Gasteiger partial charge in [0.1, 0.15) is 11.4 Å². The standard InChI is InChI=1S/C40H49F3N8O6S.ClH/c1-24-21-48(22-25(2)49(24)23-34(53)46-32-18-27(13-15-45-32)39(5)14-12-33(52)47-35(39)54)16-17-57-29-9-7-28(8-10-29)50-37(56)51(36(55)38(50,3)4)58-30-11-6-26(20-44)31(19-30)40(41,42)43;/h6,11,13,15,18-19,24-25,28-29H,7-10,12,14,16-17,21-23H2,1-5H3,(H,45,46,53)(H,47,52,54);1H/t24-,25+,28?,29?,39-;/m0./s1. The number of hydrogen-bond acceptors (Lipinski definition) is 11. The monoisotopic (exact) mass is 862 g/mol. The van der Waals surface area contributed by atoms with Gasteiger partial charge >= 0.3 is 12.2 Å². The first kappa shape index (κ1) is 45.8. The molecule has 59 heavy (non-hydrogen) atoms. The molecular weight excluding hydrogens is 813 g/mol. The number of hydrogen-bond donors (Lipinski definition) is 2. The number of amides is 6. The molecule has 1 aromatic heterocycles. The summed E-state index contributed by atoms with van der Waals surface area (Å²) >= 11 is 0.629. The number of ether oxygens (including phenoxy) is 1. The summed E-state index contributed by atoms with van der Waals surface area (Å²) in [4.78, 5) is 74.9. The van der Waals surface area contributed by atoms with Gasteiger partial charge < -0.3 is 15.0 Å². The third-order valence-corrected chi connectivity index (χ3v) is 12.8. The van der Waals surface area contributed by atoms with Gasteiger partial charge in [-0.1, -0.05) is 0 Å². The zero-order valence-electron chi connectivity index (χ0n) is 33.6. The van der Waals surface area contributed by atoms with Crippen LogP contribution in [0.25, 0.3) is 0 Å². The van der Waals surface area contributed by atoms with Crippen molar-refractivity contribution in [2.45, 2.75) is 119 Å². The summed E-state index contributed by atoms with van der Waals surface area (Å²) in [5, 5.41) is 14.4. The van der Waals surface area contributed by atoms with E-state index in [2.05, 4.69) is 39.3 Å². The number of piperazine rings is 1. The van der Waals surface area contributed by atoms with Gasteiger partial charge in [0.05, 0.1) is 41.9 Å². The largest absolute Gasteiger partial charge is 0.417 e. The predicted octanol–water partition coefficient (Wildman–Crippen LogP) is 5.50. The highest BCUT2D eigenvalue weighted by atomic mass is 35.5. The van der Waals surface area contributed by atoms with Crippen LogP contribution in [0.5, 0.6) is 0 Å². The van der Waals surface area contributed by atoms with E-state index in [1.807, 2.05) is 0 Å². The Morgan fingerprint density at radius 3 is 2.36 bits per heavy atom. The Kier molecular flexibility index (Phi) is 14.1. The summed E-state index contributed by atoms with van der Waals surface area (Å²) in [6, 6.07) is 7.41. The zero-order valence-corrected chi connectivity index (χ0v) is 35.3. The van der Waals surface area contributed by atoms with Crippen LogP contribution >= 0.6 is 24.4 Å². The number of rotatable bonds is 11. The lowest BCUT2D eigenvalue weighted by atomic mass is 9.76. The lowest BCUT2D eigenvalue weighted by Crippen LogP contribution is -2.58. The molecule has 19 heteroatoms. The first-order chi connectivity index (χ1) is 27.3. The fourth-order valence-electron chi connectivity index (χ4n) is 8.53. The van der Waals surface area contributed by atoms with E-state index in [9.17, 15) is 37.1 Å². The zero-order chi connectivity index (χ0) is 42.2. The summed E-state index contributed by atoms with van der Waals surface area (Å²) in [5.74, 6) is -1.06. The topological polar surface area (TPSA) is 168 Å². The first-order valence-corrected chi connectivity index (χ1v) is 20.3. The van der Waals surface area contributed by atoms with Crippen molar-refractivity contribution in [1.82, 2.24) is 29.3 Å². The summed E-state index contributed by atoms with van der Waals surface area (Å²) in [6.45, 7) is 12.1. The Morgan fingerprint density at radius 1 is 1.05 bits per heavy atom. The Morgan fingerprint density at radius 2 is 1.73 bits per heavy atom. The maximum atomic E-state index is 13.6. The first-order valence-electron chi connectivity index (χ1n) is 19.5. The van der Waals surface area contributed by atoms with Crippen molar-refractivity contribution in [2.75, 3.05) is 38.1 Å². The molecular formula is C40H50ClF3N8O6S. The third-order valence-electron chi connectivity index (χ3n) is 11.8. The number of nitriles is 1. The van der Waals surface area contributed by atoms with Gasteiger partial charge in [-0.2, -0.15) is 22.7 Å². The quantitative estimate of drug-likeness (QED) is 0.166. The van der Waals surface area contributed by atoms with Crippen LogP contribution in [0.15, 0.2) is 41.4 Å². The number of benzene rings is 1. The van der Waals surface area contributed by atoms with Crippen molar-refractivity contribution < 1.29 is 41.9 Å². The summed E-state index contributed by atoms with van der Waals surface area (Å²) < 4.78 is 47.9. The van der Waals surface area contributed by atoms with Crippen molar-refractivity contribution >= 4 is 59.8 Å². The molecule has 3 aliphatic heterocycles. The van der Waals surface area contributed by atoms with E-state index in [-0.39, 0.29) is 72.2 Å². The second kappa shape index (κ2) is 18.1. The van der Waals surface area contributed by atoms with Gasteiger partial charge in [0.25, 0.3) is 5.91 Å². The van der Waals surface area contributed by atoms with Crippen LogP contribution in [-0.4, -0.2) is 116 Å². The molecule has 1 saturated carbocycles. The van der Waals surface area contributed by atoms with Gasteiger partial charge in [-0.15, -0.1) is 12.4 Å². The molecule has 320 valence electrons. The predicted molar refractivity (Wildman–Crippen MR) is 214 cm³/mol. The second-order valence-electron chi connectivity index (χ2n) is 16.3. The molecule has 14 nitrogen and oxygen atoms in total. The van der Waals surface area contributed by atoms with E-state index in [0.717, 1.165) is 29.5 Å². The van der Waals surface area contributed by atoms with Gasteiger partial charge in [-0.05, 0) is 115 Å². The number of aromatic nitrogens is 1. The van der Waals surface area contributed by atoms with Gasteiger partial charge in [0.2, 0.25) is 17.7 Å². The Balaban J connectivity index is 0.00000661. The van der Waals surface area contributed by atoms with E-state index in [1.54, 1.807) is 44.0 Å². The normalized spacial score (nSPS) is 26.6. The number of nitrogens with zero attached hydrogens (tertiary/aromatic N) is 6. The van der Waals surface area contributed by atoms with Gasteiger partial charge in [-0.25, -0.2) is 9.78 Å². The number of pyridine rings is 1. The van der Waals surface area contributed by atoms with E-state index < -0.39 is 40.2 Å². The molecule has 0 spiro atoms. The Bertz CT molecular complexity index is 1980. The third kappa shape index (κ3) is 9.86. The van der Waals surface area contributed by atoms with Gasteiger partial charge in [-0.3, -0.25) is 34.3 Å². The average Bonchev–Trinajstić information content (AvgIpc) is 3.33. The van der Waals surface area contributed by atoms with Crippen LogP contribution < -0.4 is 10.6 Å². The summed E-state index contributed by atoms with van der Waals surface area (Å²) in [6.07, 6.45) is -0.0829. The smallest absolute Gasteiger partial charge is 0.377 e. The molecule has 1 aromatic carbocycles. The maximum Gasteiger partial charge on any atom is 0.417 e. The number of carbonyl (C=O) groups excluding carboxylic acids is 5. The Hall–Kier alpha value is -4.28. The molecule has 0 unspecified atom stereocenters. The number of imide groups is 2. The lowest BCUT2D eigenvalue weighted by molar-refractivity contribution is -0.138. The highest BCUT2D eigenvalue weighted by Crippen LogP contribution is 2.42. The van der Waals surface area contributed by atoms with Crippen molar-refractivity contribution in [2.24, 2.45) is 0 Å². The van der Waals surface area contributed by atoms with E-state index >= 15 is 0 Å². The average molecular weight is 863 g/mol. The van der Waals surface area contributed by atoms with Crippen LogP contribution in [-0.2, 0) is 35.5 Å². The summed E-state index contributed by atoms with van der Waals surface area (Å²) in [7, 11) is 0. The fourth-order valence-corrected chi connectivity index (χ4v) is 9.52. The van der Waals surface area contributed by atoms with Crippen molar-refractivity contribution in [3.63, 3.8) is 0 Å². The fraction of sp³-hybridized carbons (Fsp3) is 0.575. The van der Waals surface area contributed by atoms with Crippen molar-refractivity contribution in [1.29, 1.82) is 5.26 Å². The minimum atomic E-state index is -4.77. The molecule has 3 atom stereocenters. The second-order valence-corrected chi connectivity index (χ2v) is 17.4. The van der Waals surface area contributed by atoms with Crippen LogP contribution in [0.1, 0.15) is 89.8 Å². The lowest BCUT2D eigenvalue weighted by Gasteiger charge is -2.44. The minimum Gasteiger partial charge on any atom is -0.377 e. The Labute approximate surface area is 352 Å². The highest BCUT2D eigenvalue weighted by Gasteiger charge is 2.55. The summed E-state index contributed by atoms with van der Waals surface area (Å²) in [5.41, 5.74) is -3.08. The van der Waals surface area contributed by atoms with E-state index in [0.29, 0.717) is 68.6 Å². The molecule has 3 saturated heterocycles. The molecule has 4 aliphatic rings. The van der Waals surface area contributed by atoms with Gasteiger partial charge in [0, 0.05) is 55.3 Å². The number of urea groups is 1. The molecule has 0 bridgehead atoms. The molecule has 2 N–H and O–H groups in total. The molecule has 2 aromatic rings. The highest BCUT2D eigenvalue weighted by molar-refractivity contribution is 7.98. The number of halogens is 4.